The normalized spacial score (nSPS) is 11.5. The third kappa shape index (κ3) is 1.45. The lowest BCUT2D eigenvalue weighted by Gasteiger charge is -2.03. The van der Waals surface area contributed by atoms with Gasteiger partial charge in [0.15, 0.2) is 11.3 Å². The molecule has 0 saturated carbocycles. The first kappa shape index (κ1) is 11.1. The van der Waals surface area contributed by atoms with Crippen molar-refractivity contribution in [3.8, 4) is 5.69 Å². The molecule has 6 heteroatoms. The van der Waals surface area contributed by atoms with Crippen LogP contribution in [0.3, 0.4) is 0 Å². The number of aromatic nitrogens is 6. The van der Waals surface area contributed by atoms with Gasteiger partial charge in [-0.25, -0.2) is 9.67 Å². The van der Waals surface area contributed by atoms with Gasteiger partial charge in [0, 0.05) is 0 Å². The van der Waals surface area contributed by atoms with Crippen molar-refractivity contribution in [2.75, 3.05) is 0 Å². The molecular weight excluding hydrogens is 252 g/mol. The van der Waals surface area contributed by atoms with Crippen LogP contribution in [0.2, 0.25) is 0 Å². The summed E-state index contributed by atoms with van der Waals surface area (Å²) in [6, 6.07) is 8.18. The summed E-state index contributed by atoms with van der Waals surface area (Å²) in [5.74, 6) is 0.817. The van der Waals surface area contributed by atoms with Gasteiger partial charge in [0.05, 0.1) is 17.3 Å². The van der Waals surface area contributed by atoms with Crippen LogP contribution in [-0.4, -0.2) is 29.4 Å². The molecule has 0 fully saturated rings. The topological polar surface area (TPSA) is 60.9 Å². The van der Waals surface area contributed by atoms with Gasteiger partial charge in [-0.2, -0.15) is 5.10 Å². The molecule has 98 valence electrons. The van der Waals surface area contributed by atoms with E-state index >= 15 is 0 Å². The minimum atomic E-state index is 0.783. The summed E-state index contributed by atoms with van der Waals surface area (Å²) < 4.78 is 3.68. The third-order valence-corrected chi connectivity index (χ3v) is 3.43. The molecule has 0 saturated heterocycles. The zero-order valence-corrected chi connectivity index (χ0v) is 11.1. The van der Waals surface area contributed by atoms with Crippen LogP contribution >= 0.6 is 0 Å². The molecule has 3 heterocycles. The highest BCUT2D eigenvalue weighted by molar-refractivity contribution is 5.89. The van der Waals surface area contributed by atoms with E-state index in [9.17, 15) is 0 Å². The average molecular weight is 264 g/mol. The summed E-state index contributed by atoms with van der Waals surface area (Å²) in [5.41, 5.74) is 3.77. The fourth-order valence-corrected chi connectivity index (χ4v) is 2.30. The molecule has 0 amide bonds. The van der Waals surface area contributed by atoms with Gasteiger partial charge in [0.25, 0.3) is 0 Å². The molecule has 4 aromatic rings. The van der Waals surface area contributed by atoms with E-state index in [0.717, 1.165) is 28.2 Å². The maximum absolute atomic E-state index is 4.48. The minimum absolute atomic E-state index is 0.783. The maximum Gasteiger partial charge on any atom is 0.174 e. The Hall–Kier alpha value is -2.76. The first-order valence-corrected chi connectivity index (χ1v) is 6.35. The molecule has 6 nitrogen and oxygen atoms in total. The second-order valence-corrected chi connectivity index (χ2v) is 4.81. The van der Waals surface area contributed by atoms with E-state index in [0.29, 0.717) is 0 Å². The average Bonchev–Trinajstić information content (AvgIpc) is 3.04. The fraction of sp³-hybridized carbons (Fsp3) is 0.143. The number of fused-ring (bicyclic) bond motifs is 3. The van der Waals surface area contributed by atoms with Crippen LogP contribution < -0.4 is 0 Å². The molecule has 3 aromatic heterocycles. The Balaban J connectivity index is 2.02. The molecule has 0 aliphatic carbocycles. The molecule has 0 aliphatic rings. The number of aryl methyl sites for hydroxylation is 2. The van der Waals surface area contributed by atoms with Crippen LogP contribution in [0.1, 0.15) is 11.4 Å². The number of nitrogens with zero attached hydrogens (tertiary/aromatic N) is 6. The molecule has 0 unspecified atom stereocenters. The zero-order chi connectivity index (χ0) is 13.7. The van der Waals surface area contributed by atoms with Gasteiger partial charge in [0.2, 0.25) is 0 Å². The summed E-state index contributed by atoms with van der Waals surface area (Å²) in [5, 5.41) is 13.6. The number of hydrogen-bond acceptors (Lipinski definition) is 4. The Morgan fingerprint density at radius 1 is 0.950 bits per heavy atom. The molecule has 0 spiro atoms. The van der Waals surface area contributed by atoms with Crippen molar-refractivity contribution >= 4 is 16.7 Å². The molecule has 0 atom stereocenters. The summed E-state index contributed by atoms with van der Waals surface area (Å²) in [6.07, 6.45) is 3.52. The SMILES string of the molecule is Cc1ccc(-n2ncc3c2ncn2c(C)nnc32)cc1. The van der Waals surface area contributed by atoms with Crippen molar-refractivity contribution in [2.45, 2.75) is 13.8 Å². The predicted molar refractivity (Wildman–Crippen MR) is 74.9 cm³/mol. The highest BCUT2D eigenvalue weighted by atomic mass is 15.3. The summed E-state index contributed by atoms with van der Waals surface area (Å²) >= 11 is 0. The Kier molecular flexibility index (Phi) is 2.14. The Bertz CT molecular complexity index is 916. The van der Waals surface area contributed by atoms with Crippen molar-refractivity contribution in [1.82, 2.24) is 29.4 Å². The highest BCUT2D eigenvalue weighted by Crippen LogP contribution is 2.20. The zero-order valence-electron chi connectivity index (χ0n) is 11.1. The Labute approximate surface area is 114 Å². The summed E-state index contributed by atoms with van der Waals surface area (Å²) in [6.45, 7) is 3.96. The minimum Gasteiger partial charge on any atom is -0.269 e. The van der Waals surface area contributed by atoms with Crippen LogP contribution in [0.4, 0.5) is 0 Å². The Morgan fingerprint density at radius 2 is 1.75 bits per heavy atom. The van der Waals surface area contributed by atoms with Gasteiger partial charge in [-0.3, -0.25) is 4.40 Å². The third-order valence-electron chi connectivity index (χ3n) is 3.43. The number of benzene rings is 1. The second-order valence-electron chi connectivity index (χ2n) is 4.81. The highest BCUT2D eigenvalue weighted by Gasteiger charge is 2.12. The van der Waals surface area contributed by atoms with Crippen molar-refractivity contribution in [1.29, 1.82) is 0 Å². The quantitative estimate of drug-likeness (QED) is 0.528. The van der Waals surface area contributed by atoms with Crippen molar-refractivity contribution in [2.24, 2.45) is 0 Å². The second kappa shape index (κ2) is 3.86. The van der Waals surface area contributed by atoms with Crippen LogP contribution in [0, 0.1) is 13.8 Å². The summed E-state index contributed by atoms with van der Waals surface area (Å²) in [7, 11) is 0. The van der Waals surface area contributed by atoms with E-state index in [4.69, 9.17) is 0 Å². The monoisotopic (exact) mass is 264 g/mol. The standard InChI is InChI=1S/C14H12N6/c1-9-3-5-11(6-4-9)20-13-12(7-16-20)14-18-17-10(2)19(14)8-15-13/h3-8H,1-2H3. The number of hydrogen-bond donors (Lipinski definition) is 0. The smallest absolute Gasteiger partial charge is 0.174 e. The molecule has 4 rings (SSSR count). The van der Waals surface area contributed by atoms with E-state index in [-0.39, 0.29) is 0 Å². The molecule has 0 N–H and O–H groups in total. The molecular formula is C14H12N6. The van der Waals surface area contributed by atoms with Gasteiger partial charge >= 0.3 is 0 Å². The van der Waals surface area contributed by atoms with E-state index < -0.39 is 0 Å². The first-order valence-electron chi connectivity index (χ1n) is 6.35. The molecule has 0 aliphatic heterocycles. The van der Waals surface area contributed by atoms with E-state index in [1.54, 1.807) is 12.5 Å². The van der Waals surface area contributed by atoms with Gasteiger partial charge in [0.1, 0.15) is 12.2 Å². The lowest BCUT2D eigenvalue weighted by molar-refractivity contribution is 0.890. The molecule has 1 aromatic carbocycles. The van der Waals surface area contributed by atoms with Crippen LogP contribution in [0.5, 0.6) is 0 Å². The van der Waals surface area contributed by atoms with Crippen LogP contribution in [0.25, 0.3) is 22.4 Å². The Morgan fingerprint density at radius 3 is 2.55 bits per heavy atom. The van der Waals surface area contributed by atoms with Crippen molar-refractivity contribution in [3.63, 3.8) is 0 Å². The molecule has 0 radical (unpaired) electrons. The predicted octanol–water partition coefficient (Wildman–Crippen LogP) is 2.08. The largest absolute Gasteiger partial charge is 0.269 e. The lowest BCUT2D eigenvalue weighted by atomic mass is 10.2. The van der Waals surface area contributed by atoms with Crippen molar-refractivity contribution < 1.29 is 0 Å². The van der Waals surface area contributed by atoms with Crippen LogP contribution in [0.15, 0.2) is 36.8 Å². The molecule has 0 bridgehead atoms. The van der Waals surface area contributed by atoms with Crippen LogP contribution in [-0.2, 0) is 0 Å². The van der Waals surface area contributed by atoms with E-state index in [2.05, 4.69) is 39.3 Å². The van der Waals surface area contributed by atoms with Gasteiger partial charge in [-0.1, -0.05) is 17.7 Å². The van der Waals surface area contributed by atoms with Gasteiger partial charge in [-0.15, -0.1) is 10.2 Å². The molecule has 20 heavy (non-hydrogen) atoms. The van der Waals surface area contributed by atoms with E-state index in [1.807, 2.05) is 28.1 Å². The van der Waals surface area contributed by atoms with Crippen molar-refractivity contribution in [3.05, 3.63) is 48.2 Å². The number of rotatable bonds is 1. The van der Waals surface area contributed by atoms with E-state index in [1.165, 1.54) is 5.56 Å². The lowest BCUT2D eigenvalue weighted by Crippen LogP contribution is -1.99. The maximum atomic E-state index is 4.48. The van der Waals surface area contributed by atoms with Gasteiger partial charge < -0.3 is 0 Å². The first-order chi connectivity index (χ1) is 9.74. The fourth-order valence-electron chi connectivity index (χ4n) is 2.30. The van der Waals surface area contributed by atoms with Gasteiger partial charge in [-0.05, 0) is 26.0 Å². The summed E-state index contributed by atoms with van der Waals surface area (Å²) in [4.78, 5) is 4.48.